The maximum Gasteiger partial charge on any atom is 0.411 e. The van der Waals surface area contributed by atoms with Crippen LogP contribution in [0.3, 0.4) is 0 Å². The molecule has 0 bridgehead atoms. The molecule has 1 aromatic rings. The smallest absolute Gasteiger partial charge is 0.372 e. The summed E-state index contributed by atoms with van der Waals surface area (Å²) >= 11 is 0. The Hall–Kier alpha value is -1.48. The summed E-state index contributed by atoms with van der Waals surface area (Å²) in [5.41, 5.74) is 0.584. The van der Waals surface area contributed by atoms with Crippen molar-refractivity contribution in [3.63, 3.8) is 0 Å². The Bertz CT molecular complexity index is 553. The Labute approximate surface area is 151 Å². The van der Waals surface area contributed by atoms with E-state index in [-0.39, 0.29) is 25.2 Å². The quantitative estimate of drug-likeness (QED) is 0.491. The molecular formula is C18H24F3NO4. The number of ketones is 1. The first-order valence-corrected chi connectivity index (χ1v) is 8.50. The number of carbonyl (C=O) groups is 1. The molecule has 1 saturated heterocycles. The summed E-state index contributed by atoms with van der Waals surface area (Å²) in [5.74, 6) is -0.112. The average molecular weight is 375 g/mol. The number of halogens is 3. The predicted octanol–water partition coefficient (Wildman–Crippen LogP) is 2.90. The second kappa shape index (κ2) is 10.0. The first kappa shape index (κ1) is 20.8. The van der Waals surface area contributed by atoms with Gasteiger partial charge in [-0.25, -0.2) is 0 Å². The molecule has 1 aliphatic heterocycles. The minimum absolute atomic E-state index is 0.0382. The summed E-state index contributed by atoms with van der Waals surface area (Å²) in [6, 6.07) is 8.84. The monoisotopic (exact) mass is 375 g/mol. The van der Waals surface area contributed by atoms with Crippen LogP contribution in [0.2, 0.25) is 0 Å². The molecule has 1 aliphatic rings. The molecule has 5 nitrogen and oxygen atoms in total. The maximum atomic E-state index is 12.3. The van der Waals surface area contributed by atoms with E-state index >= 15 is 0 Å². The van der Waals surface area contributed by atoms with Crippen LogP contribution in [-0.2, 0) is 14.2 Å². The van der Waals surface area contributed by atoms with E-state index in [1.54, 1.807) is 31.4 Å². The highest BCUT2D eigenvalue weighted by Crippen LogP contribution is 2.22. The molecule has 26 heavy (non-hydrogen) atoms. The Balaban J connectivity index is 1.73. The Morgan fingerprint density at radius 2 is 1.96 bits per heavy atom. The number of ether oxygens (including phenoxy) is 3. The van der Waals surface area contributed by atoms with Crippen LogP contribution >= 0.6 is 0 Å². The number of hydrogen-bond donors (Lipinski definition) is 0. The molecule has 0 N–H and O–H groups in total. The number of benzene rings is 1. The molecule has 0 aliphatic carbocycles. The van der Waals surface area contributed by atoms with Gasteiger partial charge in [-0.3, -0.25) is 9.69 Å². The third-order valence-corrected chi connectivity index (χ3v) is 4.19. The Kier molecular flexibility index (Phi) is 8.02. The van der Waals surface area contributed by atoms with Gasteiger partial charge >= 0.3 is 6.18 Å². The lowest BCUT2D eigenvalue weighted by Crippen LogP contribution is -2.49. The predicted molar refractivity (Wildman–Crippen MR) is 89.0 cm³/mol. The molecule has 2 atom stereocenters. The summed E-state index contributed by atoms with van der Waals surface area (Å²) in [6.07, 6.45) is -3.91. The molecule has 1 heterocycles. The van der Waals surface area contributed by atoms with Crippen molar-refractivity contribution in [2.45, 2.75) is 31.3 Å². The number of methoxy groups -OCH3 is 1. The van der Waals surface area contributed by atoms with Crippen LogP contribution in [-0.4, -0.2) is 69.2 Å². The fraction of sp³-hybridized carbons (Fsp3) is 0.611. The van der Waals surface area contributed by atoms with Crippen LogP contribution in [0.1, 0.15) is 23.2 Å². The highest BCUT2D eigenvalue weighted by atomic mass is 19.4. The van der Waals surface area contributed by atoms with Gasteiger partial charge in [-0.1, -0.05) is 30.3 Å². The van der Waals surface area contributed by atoms with Gasteiger partial charge in [-0.2, -0.15) is 13.2 Å². The number of likely N-dealkylation sites (tertiary alicyclic amines) is 1. The van der Waals surface area contributed by atoms with E-state index in [1.165, 1.54) is 0 Å². The van der Waals surface area contributed by atoms with Crippen molar-refractivity contribution in [3.8, 4) is 0 Å². The molecule has 0 amide bonds. The zero-order valence-electron chi connectivity index (χ0n) is 14.7. The van der Waals surface area contributed by atoms with Crippen LogP contribution < -0.4 is 0 Å². The lowest BCUT2D eigenvalue weighted by atomic mass is 10.1. The summed E-state index contributed by atoms with van der Waals surface area (Å²) in [7, 11) is 1.56. The Morgan fingerprint density at radius 3 is 2.62 bits per heavy atom. The van der Waals surface area contributed by atoms with Gasteiger partial charge < -0.3 is 14.2 Å². The number of hydrogen-bond acceptors (Lipinski definition) is 5. The molecule has 8 heteroatoms. The highest BCUT2D eigenvalue weighted by molar-refractivity contribution is 5.96. The van der Waals surface area contributed by atoms with Crippen LogP contribution in [0.25, 0.3) is 0 Å². The van der Waals surface area contributed by atoms with Crippen LogP contribution in [0.15, 0.2) is 30.3 Å². The second-order valence-electron chi connectivity index (χ2n) is 6.15. The summed E-state index contributed by atoms with van der Waals surface area (Å²) in [4.78, 5) is 13.8. The normalized spacial score (nSPS) is 21.7. The largest absolute Gasteiger partial charge is 0.411 e. The van der Waals surface area contributed by atoms with Crippen LogP contribution in [0.5, 0.6) is 0 Å². The highest BCUT2D eigenvalue weighted by Gasteiger charge is 2.33. The van der Waals surface area contributed by atoms with E-state index in [0.29, 0.717) is 31.5 Å². The second-order valence-corrected chi connectivity index (χ2v) is 6.15. The molecule has 146 valence electrons. The van der Waals surface area contributed by atoms with E-state index in [1.807, 2.05) is 11.0 Å². The average Bonchev–Trinajstić information content (AvgIpc) is 2.63. The number of Topliss-reactive ketones (excluding diaryl/α,β-unsaturated/α-hetero) is 1. The van der Waals surface area contributed by atoms with Gasteiger partial charge in [0.1, 0.15) is 19.4 Å². The molecule has 2 rings (SSSR count). The summed E-state index contributed by atoms with van der Waals surface area (Å²) < 4.78 is 52.7. The van der Waals surface area contributed by atoms with Crippen molar-refractivity contribution in [1.82, 2.24) is 4.90 Å². The van der Waals surface area contributed by atoms with Crippen molar-refractivity contribution in [2.24, 2.45) is 0 Å². The van der Waals surface area contributed by atoms with E-state index in [4.69, 9.17) is 14.2 Å². The van der Waals surface area contributed by atoms with Crippen molar-refractivity contribution in [2.75, 3.05) is 40.0 Å². The van der Waals surface area contributed by atoms with Gasteiger partial charge in [0, 0.05) is 25.8 Å². The van der Waals surface area contributed by atoms with E-state index in [9.17, 15) is 18.0 Å². The first-order valence-electron chi connectivity index (χ1n) is 8.50. The molecule has 1 fully saturated rings. The molecule has 0 aromatic heterocycles. The maximum absolute atomic E-state index is 12.3. The molecule has 0 spiro atoms. The van der Waals surface area contributed by atoms with Crippen LogP contribution in [0, 0.1) is 0 Å². The van der Waals surface area contributed by atoms with Gasteiger partial charge in [-0.15, -0.1) is 0 Å². The van der Waals surface area contributed by atoms with Gasteiger partial charge in [0.15, 0.2) is 5.78 Å². The number of piperidine rings is 1. The van der Waals surface area contributed by atoms with Gasteiger partial charge in [-0.05, 0) is 12.8 Å². The fourth-order valence-corrected chi connectivity index (χ4v) is 2.89. The van der Waals surface area contributed by atoms with Crippen molar-refractivity contribution in [3.05, 3.63) is 35.9 Å². The zero-order chi connectivity index (χ0) is 19.0. The number of carbonyl (C=O) groups excluding carboxylic acids is 1. The van der Waals surface area contributed by atoms with Gasteiger partial charge in [0.2, 0.25) is 0 Å². The van der Waals surface area contributed by atoms with Gasteiger partial charge in [0.05, 0.1) is 12.7 Å². The third kappa shape index (κ3) is 7.03. The van der Waals surface area contributed by atoms with E-state index in [2.05, 4.69) is 0 Å². The van der Waals surface area contributed by atoms with E-state index in [0.717, 1.165) is 0 Å². The van der Waals surface area contributed by atoms with E-state index < -0.39 is 18.9 Å². The van der Waals surface area contributed by atoms with Crippen molar-refractivity contribution < 1.29 is 32.2 Å². The molecule has 0 radical (unpaired) electrons. The molecular weight excluding hydrogens is 351 g/mol. The summed E-state index contributed by atoms with van der Waals surface area (Å²) in [6.45, 7) is -0.212. The Morgan fingerprint density at radius 1 is 1.23 bits per heavy atom. The molecule has 0 saturated carbocycles. The van der Waals surface area contributed by atoms with Gasteiger partial charge in [0.25, 0.3) is 0 Å². The molecule has 2 unspecified atom stereocenters. The SMILES string of the molecule is COC1CCC(OCC(F)(F)F)CN1CCOCC(=O)c1ccccc1. The lowest BCUT2D eigenvalue weighted by Gasteiger charge is -2.38. The minimum atomic E-state index is -4.33. The standard InChI is InChI=1S/C18H24F3NO4/c1-24-17-8-7-15(26-13-18(19,20)21)11-22(17)9-10-25-12-16(23)14-5-3-2-4-6-14/h2-6,15,17H,7-13H2,1H3. The lowest BCUT2D eigenvalue weighted by molar-refractivity contribution is -0.197. The summed E-state index contributed by atoms with van der Waals surface area (Å²) in [5, 5.41) is 0. The number of alkyl halides is 3. The minimum Gasteiger partial charge on any atom is -0.372 e. The zero-order valence-corrected chi connectivity index (χ0v) is 14.7. The fourth-order valence-electron chi connectivity index (χ4n) is 2.89. The number of rotatable bonds is 9. The van der Waals surface area contributed by atoms with Crippen LogP contribution in [0.4, 0.5) is 13.2 Å². The third-order valence-electron chi connectivity index (χ3n) is 4.19. The van der Waals surface area contributed by atoms with Crippen molar-refractivity contribution >= 4 is 5.78 Å². The number of nitrogens with zero attached hydrogens (tertiary/aromatic N) is 1. The topological polar surface area (TPSA) is 48.0 Å². The molecule has 1 aromatic carbocycles. The first-order chi connectivity index (χ1) is 12.4. The van der Waals surface area contributed by atoms with Crippen molar-refractivity contribution in [1.29, 1.82) is 0 Å².